The molecule has 3 nitrogen and oxygen atoms in total. The van der Waals surface area contributed by atoms with Gasteiger partial charge >= 0.3 is 0 Å². The average Bonchev–Trinajstić information content (AvgIpc) is 2.62. The number of amides is 1. The zero-order chi connectivity index (χ0) is 9.42. The maximum absolute atomic E-state index is 11.6. The van der Waals surface area contributed by atoms with Crippen LogP contribution in [0.4, 0.5) is 0 Å². The molecule has 2 fully saturated rings. The zero-order valence-electron chi connectivity index (χ0n) is 8.25. The molecule has 0 radical (unpaired) electrons. The van der Waals surface area contributed by atoms with E-state index < -0.39 is 0 Å². The molecule has 1 aliphatic carbocycles. The van der Waals surface area contributed by atoms with Crippen molar-refractivity contribution >= 4 is 5.91 Å². The van der Waals surface area contributed by atoms with Gasteiger partial charge in [-0.05, 0) is 32.1 Å². The normalized spacial score (nSPS) is 43.2. The maximum atomic E-state index is 11.6. The molecule has 3 heteroatoms. The third-order valence-electron chi connectivity index (χ3n) is 2.96. The highest BCUT2D eigenvalue weighted by atomic mass is 16.5. The molecule has 1 saturated heterocycles. The third kappa shape index (κ3) is 2.02. The Morgan fingerprint density at radius 3 is 2.54 bits per heavy atom. The van der Waals surface area contributed by atoms with Gasteiger partial charge in [0.15, 0.2) is 0 Å². The van der Waals surface area contributed by atoms with Crippen LogP contribution in [0.2, 0.25) is 0 Å². The minimum absolute atomic E-state index is 0.0960. The number of carbonyl (C=O) groups excluding carboxylic acids is 1. The molecule has 1 aliphatic heterocycles. The second-order valence-electron chi connectivity index (χ2n) is 4.34. The van der Waals surface area contributed by atoms with Crippen molar-refractivity contribution in [3.05, 3.63) is 0 Å². The lowest BCUT2D eigenvalue weighted by Gasteiger charge is -2.10. The van der Waals surface area contributed by atoms with Crippen molar-refractivity contribution in [2.24, 2.45) is 5.92 Å². The fourth-order valence-corrected chi connectivity index (χ4v) is 1.79. The van der Waals surface area contributed by atoms with E-state index in [4.69, 9.17) is 4.74 Å². The highest BCUT2D eigenvalue weighted by Crippen LogP contribution is 2.29. The first-order valence-electron chi connectivity index (χ1n) is 5.12. The molecule has 74 valence electrons. The fraction of sp³-hybridized carbons (Fsp3) is 0.900. The van der Waals surface area contributed by atoms with Gasteiger partial charge in [-0.1, -0.05) is 6.92 Å². The maximum Gasteiger partial charge on any atom is 0.249 e. The molecule has 2 rings (SSSR count). The molecule has 0 aromatic rings. The minimum atomic E-state index is -0.178. The summed E-state index contributed by atoms with van der Waals surface area (Å²) in [6.07, 6.45) is 3.11. The molecule has 2 unspecified atom stereocenters. The molecule has 1 amide bonds. The van der Waals surface area contributed by atoms with Crippen LogP contribution in [0.1, 0.15) is 33.1 Å². The van der Waals surface area contributed by atoms with Crippen LogP contribution in [0.3, 0.4) is 0 Å². The number of hydrogen-bond acceptors (Lipinski definition) is 2. The highest BCUT2D eigenvalue weighted by Gasteiger charge is 2.37. The first-order valence-corrected chi connectivity index (χ1v) is 5.12. The van der Waals surface area contributed by atoms with Gasteiger partial charge in [0.05, 0.1) is 6.10 Å². The molecular formula is C10H17NO2. The number of hydrogen-bond donors (Lipinski definition) is 1. The Hall–Kier alpha value is -0.570. The summed E-state index contributed by atoms with van der Waals surface area (Å²) in [5.41, 5.74) is 0. The van der Waals surface area contributed by atoms with Gasteiger partial charge in [0.2, 0.25) is 5.91 Å². The van der Waals surface area contributed by atoms with Crippen LogP contribution in [0.5, 0.6) is 0 Å². The number of rotatable bonds is 2. The van der Waals surface area contributed by atoms with Crippen molar-refractivity contribution in [3.63, 3.8) is 0 Å². The van der Waals surface area contributed by atoms with Crippen LogP contribution in [-0.4, -0.2) is 24.2 Å². The van der Waals surface area contributed by atoms with E-state index in [-0.39, 0.29) is 18.1 Å². The van der Waals surface area contributed by atoms with Crippen molar-refractivity contribution < 1.29 is 9.53 Å². The second kappa shape index (κ2) is 3.29. The van der Waals surface area contributed by atoms with Gasteiger partial charge in [-0.15, -0.1) is 0 Å². The van der Waals surface area contributed by atoms with Crippen molar-refractivity contribution in [2.75, 3.05) is 0 Å². The molecule has 0 bridgehead atoms. The number of ether oxygens (including phenoxy) is 1. The monoisotopic (exact) mass is 183 g/mol. The quantitative estimate of drug-likeness (QED) is 0.695. The lowest BCUT2D eigenvalue weighted by Crippen LogP contribution is -2.36. The van der Waals surface area contributed by atoms with Gasteiger partial charge in [-0.3, -0.25) is 4.79 Å². The second-order valence-corrected chi connectivity index (χ2v) is 4.34. The lowest BCUT2D eigenvalue weighted by molar-refractivity contribution is -0.131. The van der Waals surface area contributed by atoms with E-state index in [0.29, 0.717) is 12.0 Å². The standard InChI is InChI=1S/C10H17NO2/c1-6-5-8(6)11-10(12)9-4-3-7(2)13-9/h6-9H,3-5H2,1-2H3,(H,11,12)/t6-,7?,8-,9?/m1/s1. The van der Waals surface area contributed by atoms with Gasteiger partial charge in [0, 0.05) is 6.04 Å². The Morgan fingerprint density at radius 1 is 1.38 bits per heavy atom. The van der Waals surface area contributed by atoms with Crippen LogP contribution in [0.25, 0.3) is 0 Å². The van der Waals surface area contributed by atoms with Crippen LogP contribution in [0, 0.1) is 5.92 Å². The summed E-state index contributed by atoms with van der Waals surface area (Å²) in [5.74, 6) is 0.765. The molecule has 0 aromatic heterocycles. The van der Waals surface area contributed by atoms with Gasteiger partial charge in [-0.25, -0.2) is 0 Å². The van der Waals surface area contributed by atoms with E-state index in [9.17, 15) is 4.79 Å². The van der Waals surface area contributed by atoms with Crippen LogP contribution in [-0.2, 0) is 9.53 Å². The van der Waals surface area contributed by atoms with E-state index in [1.54, 1.807) is 0 Å². The van der Waals surface area contributed by atoms with Crippen molar-refractivity contribution in [1.29, 1.82) is 0 Å². The van der Waals surface area contributed by atoms with Crippen LogP contribution >= 0.6 is 0 Å². The first kappa shape index (κ1) is 9.00. The van der Waals surface area contributed by atoms with Crippen molar-refractivity contribution in [3.8, 4) is 0 Å². The van der Waals surface area contributed by atoms with Gasteiger partial charge in [-0.2, -0.15) is 0 Å². The Balaban J connectivity index is 1.77. The molecule has 1 heterocycles. The number of nitrogens with one attached hydrogen (secondary N) is 1. The molecule has 2 aliphatic rings. The molecular weight excluding hydrogens is 166 g/mol. The molecule has 13 heavy (non-hydrogen) atoms. The molecule has 0 aromatic carbocycles. The predicted octanol–water partition coefficient (Wildman–Crippen LogP) is 1.08. The molecule has 4 atom stereocenters. The Kier molecular flexibility index (Phi) is 2.28. The largest absolute Gasteiger partial charge is 0.365 e. The van der Waals surface area contributed by atoms with E-state index >= 15 is 0 Å². The number of carbonyl (C=O) groups is 1. The first-order chi connectivity index (χ1) is 6.16. The summed E-state index contributed by atoms with van der Waals surface area (Å²) >= 11 is 0. The summed E-state index contributed by atoms with van der Waals surface area (Å²) in [6.45, 7) is 4.18. The minimum Gasteiger partial charge on any atom is -0.365 e. The molecule has 0 spiro atoms. The molecule has 1 N–H and O–H groups in total. The van der Waals surface area contributed by atoms with Crippen LogP contribution < -0.4 is 5.32 Å². The summed E-state index contributed by atoms with van der Waals surface area (Å²) in [7, 11) is 0. The van der Waals surface area contributed by atoms with Crippen molar-refractivity contribution in [2.45, 2.75) is 51.4 Å². The Bertz CT molecular complexity index is 217. The summed E-state index contributed by atoms with van der Waals surface area (Å²) in [5, 5.41) is 3.00. The van der Waals surface area contributed by atoms with E-state index in [2.05, 4.69) is 12.2 Å². The Labute approximate surface area is 78.8 Å². The topological polar surface area (TPSA) is 38.3 Å². The van der Waals surface area contributed by atoms with E-state index in [1.165, 1.54) is 0 Å². The average molecular weight is 183 g/mol. The van der Waals surface area contributed by atoms with Crippen LogP contribution in [0.15, 0.2) is 0 Å². The van der Waals surface area contributed by atoms with Crippen molar-refractivity contribution in [1.82, 2.24) is 5.32 Å². The summed E-state index contributed by atoms with van der Waals surface area (Å²) in [6, 6.07) is 0.423. The predicted molar refractivity (Wildman–Crippen MR) is 49.3 cm³/mol. The Morgan fingerprint density at radius 2 is 2.08 bits per heavy atom. The van der Waals surface area contributed by atoms with E-state index in [0.717, 1.165) is 19.3 Å². The smallest absolute Gasteiger partial charge is 0.249 e. The zero-order valence-corrected chi connectivity index (χ0v) is 8.25. The van der Waals surface area contributed by atoms with E-state index in [1.807, 2.05) is 6.92 Å². The summed E-state index contributed by atoms with van der Waals surface area (Å²) in [4.78, 5) is 11.6. The fourth-order valence-electron chi connectivity index (χ4n) is 1.79. The van der Waals surface area contributed by atoms with Gasteiger partial charge in [0.25, 0.3) is 0 Å². The summed E-state index contributed by atoms with van der Waals surface area (Å²) < 4.78 is 5.47. The molecule has 1 saturated carbocycles. The van der Waals surface area contributed by atoms with Gasteiger partial charge in [0.1, 0.15) is 6.10 Å². The third-order valence-corrected chi connectivity index (χ3v) is 2.96. The lowest BCUT2D eigenvalue weighted by atomic mass is 10.2. The van der Waals surface area contributed by atoms with Gasteiger partial charge < -0.3 is 10.1 Å². The SMILES string of the molecule is CC1CCC(C(=O)N[C@@H]2C[C@H]2C)O1. The highest BCUT2D eigenvalue weighted by molar-refractivity contribution is 5.81.